The fourth-order valence-corrected chi connectivity index (χ4v) is 4.47. The van der Waals surface area contributed by atoms with Crippen LogP contribution in [0.3, 0.4) is 0 Å². The van der Waals surface area contributed by atoms with Crippen LogP contribution >= 0.6 is 0 Å². The largest absolute Gasteiger partial charge is 0.465 e. The lowest BCUT2D eigenvalue weighted by atomic mass is 9.75. The highest BCUT2D eigenvalue weighted by atomic mass is 16.5. The number of benzene rings is 2. The normalized spacial score (nSPS) is 23.1. The van der Waals surface area contributed by atoms with Crippen molar-refractivity contribution in [2.75, 3.05) is 13.7 Å². The van der Waals surface area contributed by atoms with Crippen molar-refractivity contribution in [2.45, 2.75) is 38.6 Å². The van der Waals surface area contributed by atoms with E-state index in [4.69, 9.17) is 4.74 Å². The van der Waals surface area contributed by atoms with Crippen LogP contribution < -0.4 is 0 Å². The lowest BCUT2D eigenvalue weighted by Crippen LogP contribution is -2.39. The number of Topliss-reactive ketones (excluding diaryl/α,β-unsaturated/α-hetero) is 1. The number of carbonyl (C=O) groups is 2. The first-order chi connectivity index (χ1) is 12.9. The Hall–Kier alpha value is -2.82. The summed E-state index contributed by atoms with van der Waals surface area (Å²) in [6.45, 7) is 6.27. The molecular formula is C22H22N2O3. The molecule has 0 aromatic heterocycles. The summed E-state index contributed by atoms with van der Waals surface area (Å²) < 4.78 is 5.01. The van der Waals surface area contributed by atoms with Gasteiger partial charge in [-0.3, -0.25) is 4.79 Å². The second-order valence-electron chi connectivity index (χ2n) is 7.48. The first-order valence-electron chi connectivity index (χ1n) is 9.11. The molecule has 2 atom stereocenters. The van der Waals surface area contributed by atoms with Gasteiger partial charge in [-0.1, -0.05) is 30.3 Å². The molecule has 5 heteroatoms. The van der Waals surface area contributed by atoms with Crippen molar-refractivity contribution in [2.24, 2.45) is 10.2 Å². The Balaban J connectivity index is 1.87. The minimum absolute atomic E-state index is 0.0160. The van der Waals surface area contributed by atoms with Crippen LogP contribution in [0.5, 0.6) is 0 Å². The molecule has 1 heterocycles. The molecule has 2 aliphatic rings. The lowest BCUT2D eigenvalue weighted by Gasteiger charge is -2.27. The molecule has 2 aromatic carbocycles. The van der Waals surface area contributed by atoms with Gasteiger partial charge in [0.05, 0.1) is 19.2 Å². The number of hydrogen-bond donors (Lipinski definition) is 0. The molecule has 27 heavy (non-hydrogen) atoms. The molecule has 1 aliphatic heterocycles. The van der Waals surface area contributed by atoms with Gasteiger partial charge in [0.1, 0.15) is 0 Å². The maximum Gasteiger partial charge on any atom is 0.338 e. The average Bonchev–Trinajstić information content (AvgIpc) is 3.20. The summed E-state index contributed by atoms with van der Waals surface area (Å²) in [7, 11) is 1.38. The zero-order valence-corrected chi connectivity index (χ0v) is 16.0. The maximum atomic E-state index is 13.5. The molecule has 0 fully saturated rings. The van der Waals surface area contributed by atoms with Crippen LogP contribution in [0.2, 0.25) is 0 Å². The standard InChI is InChI=1S/C22H22N2O3/c1-12-8-9-15-10-22(20(25)19(15)14(12)3)17(11-23-24-22)16-7-5-6-13(2)18(16)21(26)27-4/h5-9,17H,10-11H2,1-4H3/t17-,22-/m0/s1. The van der Waals surface area contributed by atoms with Gasteiger partial charge < -0.3 is 4.74 Å². The van der Waals surface area contributed by atoms with Crippen molar-refractivity contribution >= 4 is 11.8 Å². The van der Waals surface area contributed by atoms with Crippen LogP contribution in [0.1, 0.15) is 54.5 Å². The Morgan fingerprint density at radius 2 is 1.93 bits per heavy atom. The molecule has 5 nitrogen and oxygen atoms in total. The maximum absolute atomic E-state index is 13.5. The highest BCUT2D eigenvalue weighted by molar-refractivity contribution is 6.10. The Labute approximate surface area is 158 Å². The average molecular weight is 362 g/mol. The molecule has 1 aliphatic carbocycles. The van der Waals surface area contributed by atoms with Crippen LogP contribution in [0.4, 0.5) is 0 Å². The number of esters is 1. The first kappa shape index (κ1) is 17.6. The Morgan fingerprint density at radius 1 is 1.15 bits per heavy atom. The van der Waals surface area contributed by atoms with Crippen LogP contribution in [0.25, 0.3) is 0 Å². The molecule has 4 rings (SSSR count). The number of fused-ring (bicyclic) bond motifs is 1. The zero-order chi connectivity index (χ0) is 19.3. The van der Waals surface area contributed by atoms with Crippen LogP contribution in [-0.4, -0.2) is 30.9 Å². The molecule has 0 amide bonds. The highest BCUT2D eigenvalue weighted by Crippen LogP contribution is 2.48. The van der Waals surface area contributed by atoms with Crippen molar-refractivity contribution < 1.29 is 14.3 Å². The zero-order valence-electron chi connectivity index (χ0n) is 16.0. The molecule has 2 aromatic rings. The van der Waals surface area contributed by atoms with Gasteiger partial charge in [0.15, 0.2) is 11.3 Å². The number of aryl methyl sites for hydroxylation is 2. The third-order valence-electron chi connectivity index (χ3n) is 6.06. The Bertz CT molecular complexity index is 1010. The third kappa shape index (κ3) is 2.37. The van der Waals surface area contributed by atoms with Crippen molar-refractivity contribution in [1.82, 2.24) is 0 Å². The third-order valence-corrected chi connectivity index (χ3v) is 6.06. The SMILES string of the molecule is COC(=O)c1c(C)cccc1[C@@H]1CN=N[C@@]12Cc1ccc(C)c(C)c1C2=O. The number of carbonyl (C=O) groups excluding carboxylic acids is 2. The van der Waals surface area contributed by atoms with E-state index >= 15 is 0 Å². The Kier molecular flexibility index (Phi) is 3.98. The van der Waals surface area contributed by atoms with E-state index in [-0.39, 0.29) is 17.7 Å². The van der Waals surface area contributed by atoms with E-state index in [1.54, 1.807) is 0 Å². The van der Waals surface area contributed by atoms with Gasteiger partial charge in [0.2, 0.25) is 0 Å². The molecular weight excluding hydrogens is 340 g/mol. The van der Waals surface area contributed by atoms with E-state index in [1.165, 1.54) is 7.11 Å². The predicted molar refractivity (Wildman–Crippen MR) is 102 cm³/mol. The van der Waals surface area contributed by atoms with E-state index < -0.39 is 5.54 Å². The van der Waals surface area contributed by atoms with E-state index in [9.17, 15) is 9.59 Å². The molecule has 0 saturated heterocycles. The molecule has 1 spiro atoms. The van der Waals surface area contributed by atoms with E-state index in [2.05, 4.69) is 10.2 Å². The second kappa shape index (κ2) is 6.12. The molecule has 0 unspecified atom stereocenters. The molecule has 0 saturated carbocycles. The number of azo groups is 1. The van der Waals surface area contributed by atoms with Crippen molar-refractivity contribution in [3.63, 3.8) is 0 Å². The lowest BCUT2D eigenvalue weighted by molar-refractivity contribution is 0.0596. The monoisotopic (exact) mass is 362 g/mol. The fraction of sp³-hybridized carbons (Fsp3) is 0.364. The summed E-state index contributed by atoms with van der Waals surface area (Å²) in [5, 5.41) is 8.74. The van der Waals surface area contributed by atoms with E-state index in [0.29, 0.717) is 18.5 Å². The topological polar surface area (TPSA) is 68.1 Å². The number of ether oxygens (including phenoxy) is 1. The van der Waals surface area contributed by atoms with Gasteiger partial charge in [-0.25, -0.2) is 4.79 Å². The van der Waals surface area contributed by atoms with E-state index in [1.807, 2.05) is 51.1 Å². The van der Waals surface area contributed by atoms with Crippen LogP contribution in [0, 0.1) is 20.8 Å². The second-order valence-corrected chi connectivity index (χ2v) is 7.48. The summed E-state index contributed by atoms with van der Waals surface area (Å²) >= 11 is 0. The van der Waals surface area contributed by atoms with Crippen molar-refractivity contribution in [3.8, 4) is 0 Å². The summed E-state index contributed by atoms with van der Waals surface area (Å²) in [5.74, 6) is -0.645. The van der Waals surface area contributed by atoms with E-state index in [0.717, 1.165) is 33.4 Å². The summed E-state index contributed by atoms with van der Waals surface area (Å²) in [6, 6.07) is 9.76. The summed E-state index contributed by atoms with van der Waals surface area (Å²) in [4.78, 5) is 26.0. The van der Waals surface area contributed by atoms with Crippen molar-refractivity contribution in [1.29, 1.82) is 0 Å². The van der Waals surface area contributed by atoms with Gasteiger partial charge in [-0.15, -0.1) is 0 Å². The minimum atomic E-state index is -0.961. The van der Waals surface area contributed by atoms with Gasteiger partial charge in [0, 0.05) is 17.9 Å². The molecule has 0 N–H and O–H groups in total. The van der Waals surface area contributed by atoms with Gasteiger partial charge >= 0.3 is 5.97 Å². The number of nitrogens with zero attached hydrogens (tertiary/aromatic N) is 2. The summed E-state index contributed by atoms with van der Waals surface area (Å²) in [6.07, 6.45) is 0.519. The quantitative estimate of drug-likeness (QED) is 0.755. The van der Waals surface area contributed by atoms with Crippen molar-refractivity contribution in [3.05, 3.63) is 69.3 Å². The number of methoxy groups -OCH3 is 1. The van der Waals surface area contributed by atoms with Crippen LogP contribution in [0.15, 0.2) is 40.6 Å². The van der Waals surface area contributed by atoms with Gasteiger partial charge in [-0.05, 0) is 48.6 Å². The summed E-state index contributed by atoms with van der Waals surface area (Å²) in [5.41, 5.74) is 5.07. The highest BCUT2D eigenvalue weighted by Gasteiger charge is 2.55. The smallest absolute Gasteiger partial charge is 0.338 e. The minimum Gasteiger partial charge on any atom is -0.465 e. The number of rotatable bonds is 2. The molecule has 0 radical (unpaired) electrons. The Morgan fingerprint density at radius 3 is 2.67 bits per heavy atom. The first-order valence-corrected chi connectivity index (χ1v) is 9.11. The number of ketones is 1. The molecule has 0 bridgehead atoms. The number of hydrogen-bond acceptors (Lipinski definition) is 5. The predicted octanol–water partition coefficient (Wildman–Crippen LogP) is 4.13. The molecule has 138 valence electrons. The van der Waals surface area contributed by atoms with Gasteiger partial charge in [-0.2, -0.15) is 10.2 Å². The fourth-order valence-electron chi connectivity index (χ4n) is 4.47. The van der Waals surface area contributed by atoms with Gasteiger partial charge in [0.25, 0.3) is 0 Å². The van der Waals surface area contributed by atoms with Crippen LogP contribution in [-0.2, 0) is 11.2 Å².